The molecule has 0 spiro atoms. The number of pyridine rings is 2. The number of nitrogens with zero attached hydrogens (tertiary/aromatic N) is 4. The van der Waals surface area contributed by atoms with E-state index in [0.29, 0.717) is 34.1 Å². The molecular formula is C29H26FN7O. The van der Waals surface area contributed by atoms with Gasteiger partial charge in [-0.25, -0.2) is 14.4 Å². The van der Waals surface area contributed by atoms with Gasteiger partial charge in [0.15, 0.2) is 11.5 Å². The van der Waals surface area contributed by atoms with Crippen molar-refractivity contribution in [1.82, 2.24) is 30.1 Å². The number of carbonyl (C=O) groups excluding carboxylic acids is 1. The number of hydrogen-bond donors (Lipinski definition) is 3. The minimum absolute atomic E-state index is 0.0817. The summed E-state index contributed by atoms with van der Waals surface area (Å²) >= 11 is 0. The minimum Gasteiger partial charge on any atom is -0.340 e. The van der Waals surface area contributed by atoms with Crippen LogP contribution < -0.4 is 5.32 Å². The van der Waals surface area contributed by atoms with Gasteiger partial charge in [0, 0.05) is 40.7 Å². The Morgan fingerprint density at radius 1 is 1.13 bits per heavy atom. The molecule has 5 aromatic rings. The SMILES string of the molecule is C=C/C=C(/c1cccc(F)c1)c1nc(-c2[nH]nc3ncc(-c4cncc(NC(=O)C(C)C)c4)cc23)[nH]c1C. The number of allylic oxidation sites excluding steroid dienone is 2. The van der Waals surface area contributed by atoms with Crippen LogP contribution in [0, 0.1) is 18.7 Å². The van der Waals surface area contributed by atoms with Crippen LogP contribution in [0.15, 0.2) is 73.7 Å². The average molecular weight is 508 g/mol. The van der Waals surface area contributed by atoms with Crippen LogP contribution in [-0.4, -0.2) is 36.0 Å². The van der Waals surface area contributed by atoms with E-state index < -0.39 is 0 Å². The highest BCUT2D eigenvalue weighted by Crippen LogP contribution is 2.32. The number of hydrogen-bond acceptors (Lipinski definition) is 5. The maximum atomic E-state index is 14.0. The van der Waals surface area contributed by atoms with Crippen molar-refractivity contribution < 1.29 is 9.18 Å². The summed E-state index contributed by atoms with van der Waals surface area (Å²) in [4.78, 5) is 29.1. The fourth-order valence-corrected chi connectivity index (χ4v) is 4.12. The van der Waals surface area contributed by atoms with Crippen molar-refractivity contribution in [2.45, 2.75) is 20.8 Å². The smallest absolute Gasteiger partial charge is 0.226 e. The molecule has 38 heavy (non-hydrogen) atoms. The van der Waals surface area contributed by atoms with Crippen LogP contribution in [-0.2, 0) is 4.79 Å². The molecule has 0 aliphatic rings. The molecule has 0 aliphatic heterocycles. The Labute approximate surface area is 218 Å². The predicted molar refractivity (Wildman–Crippen MR) is 147 cm³/mol. The second-order valence-corrected chi connectivity index (χ2v) is 9.19. The molecule has 0 saturated carbocycles. The number of amides is 1. The number of aryl methyl sites for hydroxylation is 1. The molecular weight excluding hydrogens is 481 g/mol. The van der Waals surface area contributed by atoms with Crippen molar-refractivity contribution in [3.63, 3.8) is 0 Å². The summed E-state index contributed by atoms with van der Waals surface area (Å²) in [5, 5.41) is 11.0. The molecule has 9 heteroatoms. The molecule has 0 unspecified atom stereocenters. The Kier molecular flexibility index (Phi) is 6.66. The van der Waals surface area contributed by atoms with Gasteiger partial charge in [0.1, 0.15) is 11.5 Å². The summed E-state index contributed by atoms with van der Waals surface area (Å²) in [6.45, 7) is 9.39. The van der Waals surface area contributed by atoms with E-state index in [2.05, 4.69) is 37.0 Å². The Bertz CT molecular complexity index is 1700. The van der Waals surface area contributed by atoms with Crippen molar-refractivity contribution in [3.8, 4) is 22.6 Å². The molecule has 0 saturated heterocycles. The summed E-state index contributed by atoms with van der Waals surface area (Å²) in [6, 6.07) is 10.2. The number of anilines is 1. The molecule has 3 N–H and O–H groups in total. The molecule has 0 bridgehead atoms. The fourth-order valence-electron chi connectivity index (χ4n) is 4.12. The first-order valence-corrected chi connectivity index (χ1v) is 12.1. The minimum atomic E-state index is -0.327. The third-order valence-corrected chi connectivity index (χ3v) is 6.07. The number of carbonyl (C=O) groups is 1. The summed E-state index contributed by atoms with van der Waals surface area (Å²) in [5.74, 6) is 0.0177. The second-order valence-electron chi connectivity index (χ2n) is 9.19. The van der Waals surface area contributed by atoms with Gasteiger partial charge in [-0.1, -0.05) is 44.7 Å². The number of imidazole rings is 1. The number of aromatic nitrogens is 6. The van der Waals surface area contributed by atoms with Crippen LogP contribution in [0.3, 0.4) is 0 Å². The van der Waals surface area contributed by atoms with E-state index in [-0.39, 0.29) is 17.6 Å². The van der Waals surface area contributed by atoms with E-state index in [1.807, 2.05) is 45.0 Å². The molecule has 8 nitrogen and oxygen atoms in total. The third-order valence-electron chi connectivity index (χ3n) is 6.07. The van der Waals surface area contributed by atoms with Crippen molar-refractivity contribution >= 4 is 28.2 Å². The van der Waals surface area contributed by atoms with Crippen LogP contribution in [0.25, 0.3) is 39.3 Å². The number of nitrogens with one attached hydrogen (secondary N) is 3. The molecule has 0 radical (unpaired) electrons. The summed E-state index contributed by atoms with van der Waals surface area (Å²) < 4.78 is 14.0. The van der Waals surface area contributed by atoms with Crippen molar-refractivity contribution in [2.24, 2.45) is 5.92 Å². The first-order valence-electron chi connectivity index (χ1n) is 12.1. The van der Waals surface area contributed by atoms with Crippen LogP contribution in [0.2, 0.25) is 0 Å². The van der Waals surface area contributed by atoms with Crippen LogP contribution >= 0.6 is 0 Å². The Morgan fingerprint density at radius 3 is 2.71 bits per heavy atom. The van der Waals surface area contributed by atoms with E-state index >= 15 is 0 Å². The molecule has 0 fully saturated rings. The van der Waals surface area contributed by atoms with Crippen molar-refractivity contribution in [2.75, 3.05) is 5.32 Å². The zero-order chi connectivity index (χ0) is 26.8. The normalized spacial score (nSPS) is 11.8. The highest BCUT2D eigenvalue weighted by Gasteiger charge is 2.18. The molecule has 0 aliphatic carbocycles. The molecule has 1 amide bonds. The van der Waals surface area contributed by atoms with Gasteiger partial charge >= 0.3 is 0 Å². The maximum Gasteiger partial charge on any atom is 0.226 e. The summed E-state index contributed by atoms with van der Waals surface area (Å²) in [7, 11) is 0. The molecule has 190 valence electrons. The second kappa shape index (κ2) is 10.2. The van der Waals surface area contributed by atoms with Crippen LogP contribution in [0.1, 0.15) is 30.8 Å². The van der Waals surface area contributed by atoms with Gasteiger partial charge in [-0.05, 0) is 36.8 Å². The van der Waals surface area contributed by atoms with Gasteiger partial charge in [-0.2, -0.15) is 5.10 Å². The van der Waals surface area contributed by atoms with Crippen molar-refractivity contribution in [1.29, 1.82) is 0 Å². The van der Waals surface area contributed by atoms with Gasteiger partial charge in [-0.15, -0.1) is 0 Å². The average Bonchev–Trinajstić information content (AvgIpc) is 3.50. The van der Waals surface area contributed by atoms with Gasteiger partial charge < -0.3 is 10.3 Å². The number of aromatic amines is 2. The monoisotopic (exact) mass is 507 g/mol. The molecule has 4 heterocycles. The van der Waals surface area contributed by atoms with E-state index in [1.54, 1.807) is 30.7 Å². The Balaban J connectivity index is 1.54. The molecule has 1 aromatic carbocycles. The third kappa shape index (κ3) is 4.86. The number of H-pyrrole nitrogens is 2. The first-order chi connectivity index (χ1) is 18.3. The Morgan fingerprint density at radius 2 is 1.95 bits per heavy atom. The van der Waals surface area contributed by atoms with Crippen LogP contribution in [0.5, 0.6) is 0 Å². The highest BCUT2D eigenvalue weighted by atomic mass is 19.1. The topological polar surface area (TPSA) is 112 Å². The standard InChI is InChI=1S/C29H26FN7O/c1-5-7-23(18-8-6-9-21(30)10-18)25-17(4)33-28(35-25)26-24-12-20(14-32-27(24)37-36-26)19-11-22(15-31-13-19)34-29(38)16(2)3/h5-16H,1H2,2-4H3,(H,33,35)(H,34,38)(H,32,36,37)/b23-7-. The summed E-state index contributed by atoms with van der Waals surface area (Å²) in [5.41, 5.74) is 6.34. The van der Waals surface area contributed by atoms with E-state index in [0.717, 1.165) is 27.8 Å². The van der Waals surface area contributed by atoms with Crippen LogP contribution in [0.4, 0.5) is 10.1 Å². The number of fused-ring (bicyclic) bond motifs is 1. The lowest BCUT2D eigenvalue weighted by molar-refractivity contribution is -0.118. The van der Waals surface area contributed by atoms with Gasteiger partial charge in [0.2, 0.25) is 5.91 Å². The fraction of sp³-hybridized carbons (Fsp3) is 0.138. The number of benzene rings is 1. The lowest BCUT2D eigenvalue weighted by atomic mass is 10.0. The van der Waals surface area contributed by atoms with E-state index in [1.165, 1.54) is 12.1 Å². The summed E-state index contributed by atoms with van der Waals surface area (Å²) in [6.07, 6.45) is 8.50. The van der Waals surface area contributed by atoms with Gasteiger partial charge in [0.05, 0.1) is 23.0 Å². The number of rotatable bonds is 7. The quantitative estimate of drug-likeness (QED) is 0.232. The lowest BCUT2D eigenvalue weighted by Crippen LogP contribution is -2.17. The first kappa shape index (κ1) is 24.8. The van der Waals surface area contributed by atoms with E-state index in [9.17, 15) is 9.18 Å². The maximum absolute atomic E-state index is 14.0. The molecule has 4 aromatic heterocycles. The largest absolute Gasteiger partial charge is 0.340 e. The zero-order valence-corrected chi connectivity index (χ0v) is 21.2. The Hall–Kier alpha value is -4.92. The van der Waals surface area contributed by atoms with E-state index in [4.69, 9.17) is 4.98 Å². The number of halogens is 1. The predicted octanol–water partition coefficient (Wildman–Crippen LogP) is 6.07. The molecule has 0 atom stereocenters. The zero-order valence-electron chi connectivity index (χ0n) is 21.2. The van der Waals surface area contributed by atoms with Gasteiger partial charge in [0.25, 0.3) is 0 Å². The van der Waals surface area contributed by atoms with Crippen molar-refractivity contribution in [3.05, 3.63) is 96.5 Å². The van der Waals surface area contributed by atoms with Gasteiger partial charge in [-0.3, -0.25) is 14.9 Å². The molecule has 5 rings (SSSR count). The highest BCUT2D eigenvalue weighted by molar-refractivity contribution is 5.94. The lowest BCUT2D eigenvalue weighted by Gasteiger charge is -2.09.